The van der Waals surface area contributed by atoms with Crippen molar-refractivity contribution in [1.29, 1.82) is 0 Å². The average Bonchev–Trinajstić information content (AvgIpc) is 3.64. The predicted molar refractivity (Wildman–Crippen MR) is 131 cm³/mol. The second kappa shape index (κ2) is 8.64. The number of halogens is 1. The van der Waals surface area contributed by atoms with Crippen LogP contribution >= 0.6 is 0 Å². The van der Waals surface area contributed by atoms with Crippen LogP contribution in [0.1, 0.15) is 36.2 Å². The van der Waals surface area contributed by atoms with Gasteiger partial charge in [-0.05, 0) is 44.0 Å². The van der Waals surface area contributed by atoms with Crippen molar-refractivity contribution < 1.29 is 13.9 Å². The van der Waals surface area contributed by atoms with E-state index in [0.29, 0.717) is 41.4 Å². The largest absolute Gasteiger partial charge is 0.492 e. The van der Waals surface area contributed by atoms with E-state index < -0.39 is 17.2 Å². The van der Waals surface area contributed by atoms with Crippen molar-refractivity contribution in [3.05, 3.63) is 58.1 Å². The molecule has 5 rings (SSSR count). The van der Waals surface area contributed by atoms with Crippen LogP contribution in [-0.4, -0.2) is 43.3 Å². The highest BCUT2D eigenvalue weighted by Gasteiger charge is 2.32. The van der Waals surface area contributed by atoms with Crippen molar-refractivity contribution in [3.63, 3.8) is 0 Å². The van der Waals surface area contributed by atoms with Crippen LogP contribution in [0.2, 0.25) is 0 Å². The molecule has 1 saturated carbocycles. The fraction of sp³-hybridized carbons (Fsp3) is 0.360. The summed E-state index contributed by atoms with van der Waals surface area (Å²) in [6, 6.07) is 8.29. The van der Waals surface area contributed by atoms with E-state index >= 15 is 4.39 Å². The fourth-order valence-electron chi connectivity index (χ4n) is 4.68. The lowest BCUT2D eigenvalue weighted by Crippen LogP contribution is -2.49. The van der Waals surface area contributed by atoms with Crippen molar-refractivity contribution in [2.24, 2.45) is 0 Å². The third-order valence-electron chi connectivity index (χ3n) is 6.42. The number of carbonyl (C=O) groups excluding carboxylic acids is 1. The topological polar surface area (TPSA) is 102 Å². The Morgan fingerprint density at radius 1 is 1.29 bits per heavy atom. The number of hydrogen-bond donors (Lipinski definition) is 3. The molecular weight excluding hydrogens is 437 g/mol. The highest BCUT2D eigenvalue weighted by molar-refractivity contribution is 6.06. The summed E-state index contributed by atoms with van der Waals surface area (Å²) >= 11 is 0. The van der Waals surface area contributed by atoms with E-state index in [-0.39, 0.29) is 23.0 Å². The summed E-state index contributed by atoms with van der Waals surface area (Å²) in [6.45, 7) is 4.01. The van der Waals surface area contributed by atoms with Crippen LogP contribution in [0.3, 0.4) is 0 Å². The van der Waals surface area contributed by atoms with Crippen LogP contribution in [0, 0.1) is 5.82 Å². The first-order valence-corrected chi connectivity index (χ1v) is 11.5. The molecule has 1 aliphatic carbocycles. The highest BCUT2D eigenvalue weighted by atomic mass is 19.1. The SMILES string of the molecule is COc1c(N2CCNC(C)C2)c(F)cc2c(=O)c(C(=O)Nc3cccc(N)c3)cn(C3CC3)c12. The number of pyridine rings is 1. The summed E-state index contributed by atoms with van der Waals surface area (Å²) in [7, 11) is 1.49. The number of piperazine rings is 1. The zero-order chi connectivity index (χ0) is 24.0. The molecule has 8 nitrogen and oxygen atoms in total. The van der Waals surface area contributed by atoms with Gasteiger partial charge in [-0.1, -0.05) is 6.07 Å². The van der Waals surface area contributed by atoms with Gasteiger partial charge in [0.2, 0.25) is 5.43 Å². The quantitative estimate of drug-likeness (QED) is 0.501. The number of amides is 1. The number of nitrogens with zero attached hydrogens (tertiary/aromatic N) is 2. The van der Waals surface area contributed by atoms with Crippen LogP contribution in [-0.2, 0) is 0 Å². The number of carbonyl (C=O) groups is 1. The summed E-state index contributed by atoms with van der Waals surface area (Å²) in [5.41, 5.74) is 7.07. The van der Waals surface area contributed by atoms with Gasteiger partial charge < -0.3 is 30.6 Å². The molecule has 2 heterocycles. The number of aromatic nitrogens is 1. The van der Waals surface area contributed by atoms with Gasteiger partial charge in [0.15, 0.2) is 11.6 Å². The van der Waals surface area contributed by atoms with Crippen LogP contribution in [0.15, 0.2) is 41.3 Å². The summed E-state index contributed by atoms with van der Waals surface area (Å²) < 4.78 is 23.2. The molecule has 34 heavy (non-hydrogen) atoms. The Morgan fingerprint density at radius 2 is 2.09 bits per heavy atom. The Morgan fingerprint density at radius 3 is 2.76 bits per heavy atom. The molecule has 1 unspecified atom stereocenters. The molecule has 0 spiro atoms. The number of ether oxygens (including phenoxy) is 1. The van der Waals surface area contributed by atoms with Gasteiger partial charge in [0.1, 0.15) is 11.3 Å². The minimum Gasteiger partial charge on any atom is -0.492 e. The van der Waals surface area contributed by atoms with Gasteiger partial charge in [0.25, 0.3) is 5.91 Å². The van der Waals surface area contributed by atoms with E-state index in [9.17, 15) is 9.59 Å². The van der Waals surface area contributed by atoms with Crippen LogP contribution in [0.5, 0.6) is 5.75 Å². The Kier molecular flexibility index (Phi) is 5.65. The molecule has 1 saturated heterocycles. The maximum atomic E-state index is 15.5. The van der Waals surface area contributed by atoms with E-state index in [1.165, 1.54) is 13.2 Å². The number of nitrogens with two attached hydrogens (primary N) is 1. The maximum absolute atomic E-state index is 15.5. The molecule has 3 aromatic rings. The van der Waals surface area contributed by atoms with Crippen LogP contribution in [0.25, 0.3) is 10.9 Å². The second-order valence-electron chi connectivity index (χ2n) is 9.03. The molecule has 178 valence electrons. The zero-order valence-electron chi connectivity index (χ0n) is 19.2. The van der Waals surface area contributed by atoms with Crippen molar-refractivity contribution in [2.45, 2.75) is 31.8 Å². The number of benzene rings is 2. The highest BCUT2D eigenvalue weighted by Crippen LogP contribution is 2.43. The van der Waals surface area contributed by atoms with E-state index in [2.05, 4.69) is 10.6 Å². The van der Waals surface area contributed by atoms with Gasteiger partial charge in [0.05, 0.1) is 18.0 Å². The molecule has 1 atom stereocenters. The van der Waals surface area contributed by atoms with Crippen molar-refractivity contribution in [1.82, 2.24) is 9.88 Å². The normalized spacial score (nSPS) is 18.2. The smallest absolute Gasteiger partial charge is 0.261 e. The molecule has 0 bridgehead atoms. The van der Waals surface area contributed by atoms with Gasteiger partial charge in [-0.3, -0.25) is 9.59 Å². The summed E-state index contributed by atoms with van der Waals surface area (Å²) in [5.74, 6) is -0.770. The standard InChI is InChI=1S/C25H28FN5O3/c1-14-12-30(9-8-28-14)22-20(26)11-18-21(24(22)34-2)31(17-6-7-17)13-19(23(18)32)25(33)29-16-5-3-4-15(27)10-16/h3-5,10-11,13-14,17,28H,6-9,12,27H2,1-2H3,(H,29,33). The number of fused-ring (bicyclic) bond motifs is 1. The van der Waals surface area contributed by atoms with E-state index in [4.69, 9.17) is 10.5 Å². The van der Waals surface area contributed by atoms with E-state index in [1.807, 2.05) is 16.4 Å². The van der Waals surface area contributed by atoms with E-state index in [1.54, 1.807) is 30.5 Å². The second-order valence-corrected chi connectivity index (χ2v) is 9.03. The van der Waals surface area contributed by atoms with E-state index in [0.717, 1.165) is 19.4 Å². The molecule has 1 amide bonds. The molecule has 0 radical (unpaired) electrons. The minimum atomic E-state index is -0.564. The van der Waals surface area contributed by atoms with Crippen LogP contribution < -0.4 is 31.4 Å². The number of nitrogens with one attached hydrogen (secondary N) is 2. The minimum absolute atomic E-state index is 0.0492. The van der Waals surface area contributed by atoms with Crippen LogP contribution in [0.4, 0.5) is 21.5 Å². The predicted octanol–water partition coefficient (Wildman–Crippen LogP) is 3.12. The Hall–Kier alpha value is -3.59. The van der Waals surface area contributed by atoms with Gasteiger partial charge in [0, 0.05) is 49.3 Å². The summed E-state index contributed by atoms with van der Waals surface area (Å²) in [6.07, 6.45) is 3.40. The average molecular weight is 466 g/mol. The van der Waals surface area contributed by atoms with Crippen molar-refractivity contribution in [2.75, 3.05) is 42.7 Å². The summed E-state index contributed by atoms with van der Waals surface area (Å²) in [5, 5.41) is 6.22. The Bertz CT molecular complexity index is 1330. The lowest BCUT2D eigenvalue weighted by molar-refractivity contribution is 0.102. The molecule has 2 fully saturated rings. The van der Waals surface area contributed by atoms with Gasteiger partial charge in [-0.2, -0.15) is 0 Å². The third-order valence-corrected chi connectivity index (χ3v) is 6.42. The molecule has 1 aromatic heterocycles. The fourth-order valence-corrected chi connectivity index (χ4v) is 4.68. The lowest BCUT2D eigenvalue weighted by atomic mass is 10.1. The van der Waals surface area contributed by atoms with Gasteiger partial charge in [-0.25, -0.2) is 4.39 Å². The van der Waals surface area contributed by atoms with Gasteiger partial charge >= 0.3 is 0 Å². The lowest BCUT2D eigenvalue weighted by Gasteiger charge is -2.35. The van der Waals surface area contributed by atoms with Crippen molar-refractivity contribution in [3.8, 4) is 5.75 Å². The van der Waals surface area contributed by atoms with Gasteiger partial charge in [-0.15, -0.1) is 0 Å². The molecule has 1 aliphatic heterocycles. The molecule has 2 aromatic carbocycles. The van der Waals surface area contributed by atoms with Crippen molar-refractivity contribution >= 4 is 33.9 Å². The zero-order valence-corrected chi connectivity index (χ0v) is 19.2. The molecule has 4 N–H and O–H groups in total. The number of nitrogen functional groups attached to an aromatic ring is 1. The Balaban J connectivity index is 1.67. The first kappa shape index (κ1) is 22.2. The number of hydrogen-bond acceptors (Lipinski definition) is 6. The monoisotopic (exact) mass is 465 g/mol. The molecule has 9 heteroatoms. The maximum Gasteiger partial charge on any atom is 0.261 e. The number of methoxy groups -OCH3 is 1. The Labute approximate surface area is 196 Å². The molecular formula is C25H28FN5O3. The number of rotatable bonds is 5. The third kappa shape index (κ3) is 3.96. The number of anilines is 3. The summed E-state index contributed by atoms with van der Waals surface area (Å²) in [4.78, 5) is 28.5. The first-order chi connectivity index (χ1) is 16.4. The first-order valence-electron chi connectivity index (χ1n) is 11.5. The molecule has 2 aliphatic rings.